The number of rotatable bonds is 4. The summed E-state index contributed by atoms with van der Waals surface area (Å²) < 4.78 is 13.1. The molecule has 0 radical (unpaired) electrons. The second-order valence-corrected chi connectivity index (χ2v) is 5.31. The van der Waals surface area contributed by atoms with Crippen LogP contribution in [0.5, 0.6) is 0 Å². The monoisotopic (exact) mass is 250 g/mol. The van der Waals surface area contributed by atoms with Gasteiger partial charge >= 0.3 is 0 Å². The Hall–Kier alpha value is -1.42. The summed E-state index contributed by atoms with van der Waals surface area (Å²) in [5, 5.41) is 2.85. The lowest BCUT2D eigenvalue weighted by molar-refractivity contribution is -0.127. The molecular weight excluding hydrogens is 231 g/mol. The maximum atomic E-state index is 13.1. The van der Waals surface area contributed by atoms with Gasteiger partial charge in [0, 0.05) is 0 Å². The minimum atomic E-state index is -0.818. The minimum absolute atomic E-state index is 0.165. The van der Waals surface area contributed by atoms with Gasteiger partial charge in [0.25, 0.3) is 0 Å². The van der Waals surface area contributed by atoms with E-state index in [9.17, 15) is 9.18 Å². The third-order valence-corrected chi connectivity index (χ3v) is 3.61. The van der Waals surface area contributed by atoms with Gasteiger partial charge < -0.3 is 11.1 Å². The number of benzene rings is 1. The molecule has 1 aromatic rings. The van der Waals surface area contributed by atoms with Crippen LogP contribution in [-0.4, -0.2) is 11.4 Å². The van der Waals surface area contributed by atoms with E-state index in [2.05, 4.69) is 5.32 Å². The Kier molecular flexibility index (Phi) is 3.39. The molecule has 0 bridgehead atoms. The molecule has 0 aromatic heterocycles. The SMILES string of the molecule is C[C@@H](NC(=O)C(C)(N)C1CC1)c1cccc(F)c1. The largest absolute Gasteiger partial charge is 0.348 e. The lowest BCUT2D eigenvalue weighted by Crippen LogP contribution is -2.53. The van der Waals surface area contributed by atoms with Gasteiger partial charge in [-0.05, 0) is 50.3 Å². The smallest absolute Gasteiger partial charge is 0.240 e. The minimum Gasteiger partial charge on any atom is -0.348 e. The van der Waals surface area contributed by atoms with Crippen molar-refractivity contribution in [3.63, 3.8) is 0 Å². The summed E-state index contributed by atoms with van der Waals surface area (Å²) >= 11 is 0. The van der Waals surface area contributed by atoms with Crippen LogP contribution in [0.25, 0.3) is 0 Å². The molecule has 2 rings (SSSR count). The Bertz CT molecular complexity index is 455. The first kappa shape index (κ1) is 13.0. The number of nitrogens with two attached hydrogens (primary N) is 1. The molecule has 0 heterocycles. The first-order valence-electron chi connectivity index (χ1n) is 6.26. The number of hydrogen-bond acceptors (Lipinski definition) is 2. The molecular formula is C14H19FN2O. The van der Waals surface area contributed by atoms with E-state index in [0.29, 0.717) is 0 Å². The summed E-state index contributed by atoms with van der Waals surface area (Å²) in [4.78, 5) is 12.1. The Morgan fingerprint density at radius 3 is 2.78 bits per heavy atom. The second kappa shape index (κ2) is 4.69. The maximum absolute atomic E-state index is 13.1. The zero-order chi connectivity index (χ0) is 13.3. The van der Waals surface area contributed by atoms with Crippen LogP contribution in [0.2, 0.25) is 0 Å². The van der Waals surface area contributed by atoms with E-state index in [4.69, 9.17) is 5.73 Å². The molecule has 1 aliphatic rings. The van der Waals surface area contributed by atoms with Gasteiger partial charge in [0.2, 0.25) is 5.91 Å². The van der Waals surface area contributed by atoms with Crippen molar-refractivity contribution in [2.24, 2.45) is 11.7 Å². The third kappa shape index (κ3) is 2.70. The Morgan fingerprint density at radius 1 is 1.56 bits per heavy atom. The van der Waals surface area contributed by atoms with Crippen molar-refractivity contribution in [1.82, 2.24) is 5.32 Å². The van der Waals surface area contributed by atoms with Gasteiger partial charge in [-0.15, -0.1) is 0 Å². The quantitative estimate of drug-likeness (QED) is 0.860. The zero-order valence-electron chi connectivity index (χ0n) is 10.7. The lowest BCUT2D eigenvalue weighted by atomic mass is 9.95. The molecule has 3 N–H and O–H groups in total. The Labute approximate surface area is 107 Å². The number of halogens is 1. The highest BCUT2D eigenvalue weighted by Gasteiger charge is 2.44. The van der Waals surface area contributed by atoms with Crippen molar-refractivity contribution in [2.75, 3.05) is 0 Å². The molecule has 2 atom stereocenters. The van der Waals surface area contributed by atoms with Crippen molar-refractivity contribution in [3.05, 3.63) is 35.6 Å². The van der Waals surface area contributed by atoms with Crippen molar-refractivity contribution < 1.29 is 9.18 Å². The average molecular weight is 250 g/mol. The lowest BCUT2D eigenvalue weighted by Gasteiger charge is -2.26. The number of nitrogens with one attached hydrogen (secondary N) is 1. The normalized spacial score (nSPS) is 20.0. The number of amides is 1. The van der Waals surface area contributed by atoms with Crippen molar-refractivity contribution >= 4 is 5.91 Å². The summed E-state index contributed by atoms with van der Waals surface area (Å²) in [6.07, 6.45) is 2.02. The van der Waals surface area contributed by atoms with Gasteiger partial charge in [-0.3, -0.25) is 4.79 Å². The fraction of sp³-hybridized carbons (Fsp3) is 0.500. The molecule has 0 spiro atoms. The molecule has 4 heteroatoms. The molecule has 1 saturated carbocycles. The van der Waals surface area contributed by atoms with E-state index in [-0.39, 0.29) is 23.7 Å². The van der Waals surface area contributed by atoms with E-state index in [1.54, 1.807) is 19.1 Å². The highest BCUT2D eigenvalue weighted by Crippen LogP contribution is 2.38. The second-order valence-electron chi connectivity index (χ2n) is 5.31. The van der Waals surface area contributed by atoms with Crippen LogP contribution in [0.1, 0.15) is 38.3 Å². The first-order valence-corrected chi connectivity index (χ1v) is 6.26. The van der Waals surface area contributed by atoms with Gasteiger partial charge in [0.05, 0.1) is 11.6 Å². The molecule has 1 unspecified atom stereocenters. The van der Waals surface area contributed by atoms with Gasteiger partial charge in [-0.1, -0.05) is 12.1 Å². The highest BCUT2D eigenvalue weighted by atomic mass is 19.1. The molecule has 1 amide bonds. The molecule has 98 valence electrons. The van der Waals surface area contributed by atoms with Crippen LogP contribution in [0.15, 0.2) is 24.3 Å². The van der Waals surface area contributed by atoms with Crippen LogP contribution in [0.3, 0.4) is 0 Å². The van der Waals surface area contributed by atoms with E-state index in [0.717, 1.165) is 18.4 Å². The zero-order valence-corrected chi connectivity index (χ0v) is 10.7. The number of carbonyl (C=O) groups excluding carboxylic acids is 1. The first-order chi connectivity index (χ1) is 8.41. The molecule has 1 aromatic carbocycles. The standard InChI is InChI=1S/C14H19FN2O/c1-9(10-4-3-5-12(15)8-10)17-13(18)14(2,16)11-6-7-11/h3-5,8-9,11H,6-7,16H2,1-2H3,(H,17,18)/t9-,14?/m1/s1. The van der Waals surface area contributed by atoms with Crippen molar-refractivity contribution in [3.8, 4) is 0 Å². The number of hydrogen-bond donors (Lipinski definition) is 2. The van der Waals surface area contributed by atoms with Crippen LogP contribution >= 0.6 is 0 Å². The van der Waals surface area contributed by atoms with E-state index in [1.165, 1.54) is 12.1 Å². The van der Waals surface area contributed by atoms with Crippen molar-refractivity contribution in [1.29, 1.82) is 0 Å². The Morgan fingerprint density at radius 2 is 2.22 bits per heavy atom. The summed E-state index contributed by atoms with van der Waals surface area (Å²) in [6, 6.07) is 6.00. The number of carbonyl (C=O) groups is 1. The van der Waals surface area contributed by atoms with Crippen LogP contribution in [0, 0.1) is 11.7 Å². The third-order valence-electron chi connectivity index (χ3n) is 3.61. The summed E-state index contributed by atoms with van der Waals surface area (Å²) in [6.45, 7) is 3.59. The summed E-state index contributed by atoms with van der Waals surface area (Å²) in [7, 11) is 0. The molecule has 3 nitrogen and oxygen atoms in total. The van der Waals surface area contributed by atoms with Gasteiger partial charge in [0.1, 0.15) is 5.82 Å². The Balaban J connectivity index is 2.03. The van der Waals surface area contributed by atoms with Gasteiger partial charge in [-0.2, -0.15) is 0 Å². The average Bonchev–Trinajstić information content (AvgIpc) is 3.12. The van der Waals surface area contributed by atoms with Crippen LogP contribution < -0.4 is 11.1 Å². The highest BCUT2D eigenvalue weighted by molar-refractivity contribution is 5.86. The topological polar surface area (TPSA) is 55.1 Å². The van der Waals surface area contributed by atoms with Gasteiger partial charge in [0.15, 0.2) is 0 Å². The molecule has 18 heavy (non-hydrogen) atoms. The maximum Gasteiger partial charge on any atom is 0.240 e. The van der Waals surface area contributed by atoms with Crippen LogP contribution in [-0.2, 0) is 4.79 Å². The van der Waals surface area contributed by atoms with Crippen LogP contribution in [0.4, 0.5) is 4.39 Å². The van der Waals surface area contributed by atoms with E-state index < -0.39 is 5.54 Å². The fourth-order valence-corrected chi connectivity index (χ4v) is 2.08. The predicted octanol–water partition coefficient (Wildman–Crippen LogP) is 2.13. The molecule has 1 fully saturated rings. The molecule has 0 aliphatic heterocycles. The van der Waals surface area contributed by atoms with E-state index in [1.807, 2.05) is 6.92 Å². The summed E-state index contributed by atoms with van der Waals surface area (Å²) in [5.41, 5.74) is 5.96. The molecule has 0 saturated heterocycles. The summed E-state index contributed by atoms with van der Waals surface area (Å²) in [5.74, 6) is -0.190. The van der Waals surface area contributed by atoms with E-state index >= 15 is 0 Å². The predicted molar refractivity (Wildman–Crippen MR) is 68.3 cm³/mol. The van der Waals surface area contributed by atoms with Gasteiger partial charge in [-0.25, -0.2) is 4.39 Å². The fourth-order valence-electron chi connectivity index (χ4n) is 2.08. The molecule has 1 aliphatic carbocycles. The van der Waals surface area contributed by atoms with Crippen molar-refractivity contribution in [2.45, 2.75) is 38.3 Å².